The predicted octanol–water partition coefficient (Wildman–Crippen LogP) is 1.31. The molecule has 1 fully saturated rings. The molecule has 1 N–H and O–H groups in total. The molecule has 0 saturated heterocycles. The highest BCUT2D eigenvalue weighted by Gasteiger charge is 2.29. The highest BCUT2D eigenvalue weighted by molar-refractivity contribution is 5.06. The number of aryl methyl sites for hydroxylation is 1. The molecule has 1 saturated carbocycles. The molecule has 4 heteroatoms. The van der Waals surface area contributed by atoms with E-state index in [0.29, 0.717) is 12.0 Å². The number of nitrogens with zero attached hydrogens (tertiary/aromatic N) is 3. The zero-order valence-electron chi connectivity index (χ0n) is 9.77. The SMILES string of the molecule is CNC1CCC(C)C(c2cn(C)nn2)C1. The number of aromatic nitrogens is 3. The molecule has 0 aliphatic heterocycles. The zero-order chi connectivity index (χ0) is 10.8. The minimum atomic E-state index is 0.574. The Kier molecular flexibility index (Phi) is 3.05. The second-order valence-electron chi connectivity index (χ2n) is 4.70. The van der Waals surface area contributed by atoms with Crippen molar-refractivity contribution in [3.63, 3.8) is 0 Å². The fraction of sp³-hybridized carbons (Fsp3) is 0.818. The number of nitrogens with one attached hydrogen (secondary N) is 1. The molecule has 15 heavy (non-hydrogen) atoms. The van der Waals surface area contributed by atoms with Gasteiger partial charge in [0, 0.05) is 25.2 Å². The van der Waals surface area contributed by atoms with Crippen molar-refractivity contribution < 1.29 is 0 Å². The van der Waals surface area contributed by atoms with Crippen LogP contribution in [0.1, 0.15) is 37.8 Å². The van der Waals surface area contributed by atoms with Crippen LogP contribution < -0.4 is 5.32 Å². The van der Waals surface area contributed by atoms with Gasteiger partial charge < -0.3 is 5.32 Å². The summed E-state index contributed by atoms with van der Waals surface area (Å²) in [5, 5.41) is 11.6. The van der Waals surface area contributed by atoms with Gasteiger partial charge in [-0.05, 0) is 32.2 Å². The fourth-order valence-corrected chi connectivity index (χ4v) is 2.53. The molecule has 0 amide bonds. The summed E-state index contributed by atoms with van der Waals surface area (Å²) in [6.45, 7) is 2.32. The smallest absolute Gasteiger partial charge is 0.0861 e. The highest BCUT2D eigenvalue weighted by Crippen LogP contribution is 2.36. The van der Waals surface area contributed by atoms with Crippen molar-refractivity contribution in [2.45, 2.75) is 38.1 Å². The van der Waals surface area contributed by atoms with Gasteiger partial charge in [0.15, 0.2) is 0 Å². The Balaban J connectivity index is 2.12. The van der Waals surface area contributed by atoms with Gasteiger partial charge in [0.25, 0.3) is 0 Å². The van der Waals surface area contributed by atoms with Crippen LogP contribution in [0.3, 0.4) is 0 Å². The van der Waals surface area contributed by atoms with E-state index < -0.39 is 0 Å². The summed E-state index contributed by atoms with van der Waals surface area (Å²) >= 11 is 0. The second kappa shape index (κ2) is 4.31. The molecule has 0 bridgehead atoms. The Labute approximate surface area is 91.1 Å². The van der Waals surface area contributed by atoms with Gasteiger partial charge in [0.2, 0.25) is 0 Å². The molecule has 0 spiro atoms. The molecular formula is C11H20N4. The van der Waals surface area contributed by atoms with Crippen LogP contribution in [-0.2, 0) is 7.05 Å². The highest BCUT2D eigenvalue weighted by atomic mass is 15.4. The number of hydrogen-bond acceptors (Lipinski definition) is 3. The average molecular weight is 208 g/mol. The van der Waals surface area contributed by atoms with E-state index in [1.807, 2.05) is 14.1 Å². The first-order valence-electron chi connectivity index (χ1n) is 5.74. The van der Waals surface area contributed by atoms with Gasteiger partial charge >= 0.3 is 0 Å². The zero-order valence-corrected chi connectivity index (χ0v) is 9.77. The molecule has 1 aromatic heterocycles. The van der Waals surface area contributed by atoms with Crippen molar-refractivity contribution in [3.05, 3.63) is 11.9 Å². The minimum absolute atomic E-state index is 0.574. The Morgan fingerprint density at radius 3 is 2.87 bits per heavy atom. The predicted molar refractivity (Wildman–Crippen MR) is 59.6 cm³/mol. The van der Waals surface area contributed by atoms with Crippen LogP contribution in [-0.4, -0.2) is 28.1 Å². The van der Waals surface area contributed by atoms with Gasteiger partial charge in [-0.15, -0.1) is 5.10 Å². The summed E-state index contributed by atoms with van der Waals surface area (Å²) < 4.78 is 1.80. The molecule has 4 nitrogen and oxygen atoms in total. The lowest BCUT2D eigenvalue weighted by atomic mass is 9.76. The fourth-order valence-electron chi connectivity index (χ4n) is 2.53. The van der Waals surface area contributed by atoms with Gasteiger partial charge in [0.1, 0.15) is 0 Å². The quantitative estimate of drug-likeness (QED) is 0.796. The summed E-state index contributed by atoms with van der Waals surface area (Å²) in [5.74, 6) is 1.30. The summed E-state index contributed by atoms with van der Waals surface area (Å²) in [6.07, 6.45) is 5.82. The Morgan fingerprint density at radius 1 is 1.47 bits per heavy atom. The lowest BCUT2D eigenvalue weighted by Gasteiger charge is -2.32. The standard InChI is InChI=1S/C11H20N4/c1-8-4-5-9(12-2)6-10(8)11-7-15(3)14-13-11/h7-10,12H,4-6H2,1-3H3. The third-order valence-electron chi connectivity index (χ3n) is 3.60. The van der Waals surface area contributed by atoms with Crippen LogP contribution in [0, 0.1) is 5.92 Å². The first-order valence-corrected chi connectivity index (χ1v) is 5.74. The topological polar surface area (TPSA) is 42.7 Å². The molecule has 2 rings (SSSR count). The Hall–Kier alpha value is -0.900. The third-order valence-corrected chi connectivity index (χ3v) is 3.60. The number of rotatable bonds is 2. The van der Waals surface area contributed by atoms with E-state index in [9.17, 15) is 0 Å². The van der Waals surface area contributed by atoms with Crippen LogP contribution >= 0.6 is 0 Å². The van der Waals surface area contributed by atoms with E-state index in [2.05, 4.69) is 28.7 Å². The van der Waals surface area contributed by atoms with Gasteiger partial charge in [-0.25, -0.2) is 0 Å². The largest absolute Gasteiger partial charge is 0.317 e. The second-order valence-corrected chi connectivity index (χ2v) is 4.70. The van der Waals surface area contributed by atoms with Crippen LogP contribution in [0.4, 0.5) is 0 Å². The van der Waals surface area contributed by atoms with E-state index in [4.69, 9.17) is 0 Å². The molecule has 0 aromatic carbocycles. The summed E-state index contributed by atoms with van der Waals surface area (Å²) in [6, 6.07) is 0.646. The monoisotopic (exact) mass is 208 g/mol. The van der Waals surface area contributed by atoms with Crippen molar-refractivity contribution in [1.29, 1.82) is 0 Å². The van der Waals surface area contributed by atoms with Crippen molar-refractivity contribution in [2.24, 2.45) is 13.0 Å². The van der Waals surface area contributed by atoms with E-state index in [1.54, 1.807) is 4.68 Å². The lowest BCUT2D eigenvalue weighted by Crippen LogP contribution is -2.34. The van der Waals surface area contributed by atoms with E-state index in [1.165, 1.54) is 19.3 Å². The van der Waals surface area contributed by atoms with Crippen molar-refractivity contribution >= 4 is 0 Å². The van der Waals surface area contributed by atoms with Crippen molar-refractivity contribution in [1.82, 2.24) is 20.3 Å². The normalized spacial score (nSPS) is 31.8. The molecule has 84 valence electrons. The van der Waals surface area contributed by atoms with Crippen LogP contribution in [0.5, 0.6) is 0 Å². The van der Waals surface area contributed by atoms with Crippen LogP contribution in [0.15, 0.2) is 6.20 Å². The maximum atomic E-state index is 4.24. The van der Waals surface area contributed by atoms with Gasteiger partial charge in [-0.1, -0.05) is 12.1 Å². The molecule has 1 aliphatic carbocycles. The Morgan fingerprint density at radius 2 is 2.27 bits per heavy atom. The average Bonchev–Trinajstić information content (AvgIpc) is 2.65. The van der Waals surface area contributed by atoms with Gasteiger partial charge in [-0.3, -0.25) is 4.68 Å². The van der Waals surface area contributed by atoms with E-state index >= 15 is 0 Å². The molecule has 0 radical (unpaired) electrons. The molecule has 1 aromatic rings. The molecular weight excluding hydrogens is 188 g/mol. The van der Waals surface area contributed by atoms with E-state index in [-0.39, 0.29) is 0 Å². The molecule has 1 aliphatic rings. The van der Waals surface area contributed by atoms with Gasteiger partial charge in [-0.2, -0.15) is 0 Å². The van der Waals surface area contributed by atoms with Crippen LogP contribution in [0.2, 0.25) is 0 Å². The maximum Gasteiger partial charge on any atom is 0.0861 e. The first kappa shape index (κ1) is 10.6. The molecule has 3 unspecified atom stereocenters. The number of hydrogen-bond donors (Lipinski definition) is 1. The Bertz CT molecular complexity index is 320. The maximum absolute atomic E-state index is 4.24. The summed E-state index contributed by atoms with van der Waals surface area (Å²) in [4.78, 5) is 0. The molecule has 1 heterocycles. The minimum Gasteiger partial charge on any atom is -0.317 e. The third kappa shape index (κ3) is 2.20. The van der Waals surface area contributed by atoms with E-state index in [0.717, 1.165) is 11.6 Å². The van der Waals surface area contributed by atoms with Crippen molar-refractivity contribution in [2.75, 3.05) is 7.05 Å². The summed E-state index contributed by atoms with van der Waals surface area (Å²) in [5.41, 5.74) is 1.16. The van der Waals surface area contributed by atoms with Gasteiger partial charge in [0.05, 0.1) is 5.69 Å². The van der Waals surface area contributed by atoms with Crippen molar-refractivity contribution in [3.8, 4) is 0 Å². The van der Waals surface area contributed by atoms with Crippen LogP contribution in [0.25, 0.3) is 0 Å². The molecule has 3 atom stereocenters. The lowest BCUT2D eigenvalue weighted by molar-refractivity contribution is 0.273. The first-order chi connectivity index (χ1) is 7.20. The summed E-state index contributed by atoms with van der Waals surface area (Å²) in [7, 11) is 3.98.